The monoisotopic (exact) mass is 214 g/mol. The molecule has 80 valence electrons. The predicted molar refractivity (Wildman–Crippen MR) is 57.2 cm³/mol. The lowest BCUT2D eigenvalue weighted by molar-refractivity contribution is 0.657. The zero-order valence-corrected chi connectivity index (χ0v) is 8.66. The van der Waals surface area contributed by atoms with E-state index in [9.17, 15) is 4.79 Å². The van der Waals surface area contributed by atoms with Gasteiger partial charge in [0.1, 0.15) is 12.4 Å². The number of aromatic amines is 1. The van der Waals surface area contributed by atoms with Crippen molar-refractivity contribution >= 4 is 5.65 Å². The molecule has 0 spiro atoms. The highest BCUT2D eigenvalue weighted by Crippen LogP contribution is 2.17. The molecule has 0 saturated carbocycles. The van der Waals surface area contributed by atoms with Crippen molar-refractivity contribution in [1.29, 1.82) is 5.26 Å². The van der Waals surface area contributed by atoms with Gasteiger partial charge in [0.05, 0.1) is 0 Å². The summed E-state index contributed by atoms with van der Waals surface area (Å²) in [4.78, 5) is 19.2. The van der Waals surface area contributed by atoms with Gasteiger partial charge in [-0.2, -0.15) is 5.26 Å². The quantitative estimate of drug-likeness (QED) is 0.704. The summed E-state index contributed by atoms with van der Waals surface area (Å²) in [5.41, 5.74) is 2.59. The average molecular weight is 214 g/mol. The number of rotatable bonds is 0. The maximum atomic E-state index is 12.1. The summed E-state index contributed by atoms with van der Waals surface area (Å²) < 4.78 is 1.43. The van der Waals surface area contributed by atoms with Crippen molar-refractivity contribution in [2.45, 2.75) is 25.7 Å². The smallest absolute Gasteiger partial charge is 0.262 e. The van der Waals surface area contributed by atoms with E-state index in [4.69, 9.17) is 5.26 Å². The van der Waals surface area contributed by atoms with Gasteiger partial charge in [-0.05, 0) is 25.7 Å². The van der Waals surface area contributed by atoms with Gasteiger partial charge in [0.25, 0.3) is 5.56 Å². The number of nitriles is 1. The van der Waals surface area contributed by atoms with Crippen molar-refractivity contribution < 1.29 is 0 Å². The number of nitrogens with zero attached hydrogens (tertiary/aromatic N) is 3. The molecule has 0 bridgehead atoms. The van der Waals surface area contributed by atoms with Crippen LogP contribution in [0.25, 0.3) is 5.65 Å². The van der Waals surface area contributed by atoms with Gasteiger partial charge in [0.2, 0.25) is 0 Å². The first-order chi connectivity index (χ1) is 7.81. The third kappa shape index (κ3) is 1.10. The fourth-order valence-electron chi connectivity index (χ4n) is 2.27. The second-order valence-corrected chi connectivity index (χ2v) is 4.02. The minimum Gasteiger partial charge on any atom is -0.342 e. The molecule has 5 heteroatoms. The highest BCUT2D eigenvalue weighted by Gasteiger charge is 2.17. The molecule has 3 rings (SSSR count). The van der Waals surface area contributed by atoms with Crippen LogP contribution in [0.4, 0.5) is 0 Å². The maximum Gasteiger partial charge on any atom is 0.262 e. The molecule has 2 aromatic heterocycles. The SMILES string of the molecule is N#Cc1ncn2c(=O)c3c([nH]c12)CCCC3. The summed E-state index contributed by atoms with van der Waals surface area (Å²) in [7, 11) is 0. The van der Waals surface area contributed by atoms with Crippen LogP contribution < -0.4 is 5.56 Å². The highest BCUT2D eigenvalue weighted by molar-refractivity contribution is 5.52. The molecule has 0 unspecified atom stereocenters. The number of hydrogen-bond donors (Lipinski definition) is 1. The van der Waals surface area contributed by atoms with Crippen LogP contribution in [0.3, 0.4) is 0 Å². The van der Waals surface area contributed by atoms with Crippen LogP contribution >= 0.6 is 0 Å². The molecular formula is C11H10N4O. The average Bonchev–Trinajstić information content (AvgIpc) is 2.72. The van der Waals surface area contributed by atoms with Gasteiger partial charge in [0, 0.05) is 11.3 Å². The Balaban J connectivity index is 2.42. The lowest BCUT2D eigenvalue weighted by atomic mass is 9.97. The van der Waals surface area contributed by atoms with Crippen LogP contribution in [0.5, 0.6) is 0 Å². The van der Waals surface area contributed by atoms with E-state index in [1.54, 1.807) is 0 Å². The summed E-state index contributed by atoms with van der Waals surface area (Å²) >= 11 is 0. The van der Waals surface area contributed by atoms with E-state index in [1.807, 2.05) is 6.07 Å². The van der Waals surface area contributed by atoms with E-state index in [1.165, 1.54) is 10.7 Å². The van der Waals surface area contributed by atoms with Crippen LogP contribution in [-0.2, 0) is 12.8 Å². The molecule has 1 N–H and O–H groups in total. The molecular weight excluding hydrogens is 204 g/mol. The minimum atomic E-state index is -0.0301. The summed E-state index contributed by atoms with van der Waals surface area (Å²) in [5, 5.41) is 8.87. The second-order valence-electron chi connectivity index (χ2n) is 4.02. The van der Waals surface area contributed by atoms with E-state index < -0.39 is 0 Å². The molecule has 1 aliphatic carbocycles. The van der Waals surface area contributed by atoms with Crippen molar-refractivity contribution in [3.8, 4) is 6.07 Å². The molecule has 5 nitrogen and oxygen atoms in total. The van der Waals surface area contributed by atoms with Gasteiger partial charge in [-0.25, -0.2) is 9.38 Å². The normalized spacial score (nSPS) is 14.7. The van der Waals surface area contributed by atoms with E-state index in [0.717, 1.165) is 36.9 Å². The van der Waals surface area contributed by atoms with E-state index in [0.29, 0.717) is 5.65 Å². The highest BCUT2D eigenvalue weighted by atomic mass is 16.1. The number of aryl methyl sites for hydroxylation is 1. The Labute approximate surface area is 91.4 Å². The standard InChI is InChI=1S/C11H10N4O/c12-5-9-10-14-8-4-2-1-3-7(8)11(16)15(10)6-13-9/h6,14H,1-4H2. The van der Waals surface area contributed by atoms with Gasteiger partial charge in [-0.15, -0.1) is 0 Å². The third-order valence-corrected chi connectivity index (χ3v) is 3.09. The molecule has 2 aromatic rings. The molecule has 0 aliphatic heterocycles. The Morgan fingerprint density at radius 1 is 1.44 bits per heavy atom. The van der Waals surface area contributed by atoms with Crippen LogP contribution in [0.1, 0.15) is 29.8 Å². The lowest BCUT2D eigenvalue weighted by Crippen LogP contribution is -2.23. The van der Waals surface area contributed by atoms with Crippen molar-refractivity contribution in [3.05, 3.63) is 33.6 Å². The Hall–Kier alpha value is -2.09. The largest absolute Gasteiger partial charge is 0.342 e. The molecule has 1 aliphatic rings. The summed E-state index contributed by atoms with van der Waals surface area (Å²) in [6, 6.07) is 1.98. The van der Waals surface area contributed by atoms with Gasteiger partial charge >= 0.3 is 0 Å². The number of fused-ring (bicyclic) bond motifs is 2. The topological polar surface area (TPSA) is 74.0 Å². The molecule has 0 saturated heterocycles. The third-order valence-electron chi connectivity index (χ3n) is 3.09. The van der Waals surface area contributed by atoms with Gasteiger partial charge in [-0.3, -0.25) is 4.79 Å². The Bertz CT molecular complexity index is 659. The Morgan fingerprint density at radius 2 is 2.25 bits per heavy atom. The molecule has 0 aromatic carbocycles. The zero-order chi connectivity index (χ0) is 11.1. The number of imidazole rings is 1. The van der Waals surface area contributed by atoms with Crippen LogP contribution in [0.2, 0.25) is 0 Å². The number of nitrogens with one attached hydrogen (secondary N) is 1. The van der Waals surface area contributed by atoms with E-state index in [2.05, 4.69) is 9.97 Å². The van der Waals surface area contributed by atoms with Crippen LogP contribution in [0, 0.1) is 11.3 Å². The number of H-pyrrole nitrogens is 1. The predicted octanol–water partition coefficient (Wildman–Crippen LogP) is 0.773. The van der Waals surface area contributed by atoms with Crippen LogP contribution in [-0.4, -0.2) is 14.4 Å². The molecule has 0 atom stereocenters. The van der Waals surface area contributed by atoms with Crippen molar-refractivity contribution in [3.63, 3.8) is 0 Å². The molecule has 2 heterocycles. The summed E-state index contributed by atoms with van der Waals surface area (Å²) in [6.07, 6.45) is 5.27. The first-order valence-corrected chi connectivity index (χ1v) is 5.32. The molecule has 0 radical (unpaired) electrons. The first-order valence-electron chi connectivity index (χ1n) is 5.32. The molecule has 0 amide bonds. The summed E-state index contributed by atoms with van der Waals surface area (Å²) in [5.74, 6) is 0. The van der Waals surface area contributed by atoms with Gasteiger partial charge in [0.15, 0.2) is 11.3 Å². The fourth-order valence-corrected chi connectivity index (χ4v) is 2.27. The van der Waals surface area contributed by atoms with Crippen molar-refractivity contribution in [2.75, 3.05) is 0 Å². The van der Waals surface area contributed by atoms with Gasteiger partial charge in [-0.1, -0.05) is 0 Å². The zero-order valence-electron chi connectivity index (χ0n) is 8.66. The van der Waals surface area contributed by atoms with Crippen molar-refractivity contribution in [1.82, 2.24) is 14.4 Å². The fraction of sp³-hybridized carbons (Fsp3) is 0.364. The van der Waals surface area contributed by atoms with Gasteiger partial charge < -0.3 is 4.98 Å². The maximum absolute atomic E-state index is 12.1. The van der Waals surface area contributed by atoms with Crippen LogP contribution in [0.15, 0.2) is 11.1 Å². The number of aromatic nitrogens is 3. The Morgan fingerprint density at radius 3 is 3.06 bits per heavy atom. The minimum absolute atomic E-state index is 0.0301. The second kappa shape index (κ2) is 3.20. The Kier molecular flexibility index (Phi) is 1.83. The van der Waals surface area contributed by atoms with E-state index in [-0.39, 0.29) is 11.3 Å². The number of hydrogen-bond acceptors (Lipinski definition) is 3. The first kappa shape index (κ1) is 9.16. The molecule has 16 heavy (non-hydrogen) atoms. The molecule has 0 fully saturated rings. The summed E-state index contributed by atoms with van der Waals surface area (Å²) in [6.45, 7) is 0. The van der Waals surface area contributed by atoms with Crippen molar-refractivity contribution in [2.24, 2.45) is 0 Å². The van der Waals surface area contributed by atoms with E-state index >= 15 is 0 Å². The lowest BCUT2D eigenvalue weighted by Gasteiger charge is -2.14.